The second-order valence-corrected chi connectivity index (χ2v) is 7.75. The molecule has 1 spiro atoms. The van der Waals surface area contributed by atoms with E-state index in [1.54, 1.807) is 0 Å². The van der Waals surface area contributed by atoms with Crippen molar-refractivity contribution in [3.63, 3.8) is 0 Å². The fourth-order valence-electron chi connectivity index (χ4n) is 3.81. The average molecular weight is 294 g/mol. The summed E-state index contributed by atoms with van der Waals surface area (Å²) in [4.78, 5) is 27.7. The van der Waals surface area contributed by atoms with E-state index >= 15 is 0 Å². The number of hydrogen-bond acceptors (Lipinski definition) is 2. The molecule has 120 valence electrons. The molecule has 4 heteroatoms. The molecule has 0 aromatic carbocycles. The number of piperazine rings is 1. The van der Waals surface area contributed by atoms with Crippen LogP contribution in [0, 0.1) is 5.41 Å². The second-order valence-electron chi connectivity index (χ2n) is 7.75. The molecule has 0 bridgehead atoms. The van der Waals surface area contributed by atoms with Gasteiger partial charge in [0.05, 0.1) is 0 Å². The van der Waals surface area contributed by atoms with E-state index in [0.29, 0.717) is 6.54 Å². The van der Waals surface area contributed by atoms with Crippen molar-refractivity contribution in [3.8, 4) is 0 Å². The maximum atomic E-state index is 13.1. The van der Waals surface area contributed by atoms with Crippen molar-refractivity contribution in [2.75, 3.05) is 6.54 Å². The van der Waals surface area contributed by atoms with Gasteiger partial charge in [-0.25, -0.2) is 0 Å². The van der Waals surface area contributed by atoms with E-state index in [-0.39, 0.29) is 23.3 Å². The van der Waals surface area contributed by atoms with Crippen molar-refractivity contribution in [3.05, 3.63) is 0 Å². The standard InChI is InChI=1S/C17H30N2O2/c1-5-6-12-19-13(16(2,3)4)14(20)18-17(15(19)21)10-8-7-9-11-17/h13H,5-12H2,1-4H3,(H,18,20). The Kier molecular flexibility index (Phi) is 4.64. The number of carbonyl (C=O) groups excluding carboxylic acids is 2. The van der Waals surface area contributed by atoms with Gasteiger partial charge in [0.25, 0.3) is 0 Å². The van der Waals surface area contributed by atoms with Gasteiger partial charge in [0.1, 0.15) is 11.6 Å². The van der Waals surface area contributed by atoms with Crippen molar-refractivity contribution in [1.82, 2.24) is 10.2 Å². The van der Waals surface area contributed by atoms with E-state index in [4.69, 9.17) is 0 Å². The first kappa shape index (κ1) is 16.3. The van der Waals surface area contributed by atoms with E-state index in [1.165, 1.54) is 6.42 Å². The van der Waals surface area contributed by atoms with Crippen LogP contribution >= 0.6 is 0 Å². The normalized spacial score (nSPS) is 26.1. The molecule has 0 aromatic rings. The first-order valence-corrected chi connectivity index (χ1v) is 8.45. The van der Waals surface area contributed by atoms with Crippen LogP contribution in [0.4, 0.5) is 0 Å². The smallest absolute Gasteiger partial charge is 0.249 e. The van der Waals surface area contributed by atoms with Crippen molar-refractivity contribution in [2.45, 2.75) is 84.2 Å². The van der Waals surface area contributed by atoms with Gasteiger partial charge in [-0.05, 0) is 24.7 Å². The Morgan fingerprint density at radius 2 is 1.81 bits per heavy atom. The van der Waals surface area contributed by atoms with Crippen LogP contribution in [-0.4, -0.2) is 34.8 Å². The average Bonchev–Trinajstić information content (AvgIpc) is 2.40. The third-order valence-corrected chi connectivity index (χ3v) is 4.87. The number of carbonyl (C=O) groups is 2. The highest BCUT2D eigenvalue weighted by Crippen LogP contribution is 2.37. The third-order valence-electron chi connectivity index (χ3n) is 4.87. The Bertz CT molecular complexity index is 406. The van der Waals surface area contributed by atoms with Crippen LogP contribution in [0.1, 0.15) is 72.6 Å². The Hall–Kier alpha value is -1.06. The largest absolute Gasteiger partial charge is 0.340 e. The minimum absolute atomic E-state index is 0.0418. The topological polar surface area (TPSA) is 49.4 Å². The molecule has 1 heterocycles. The molecule has 2 aliphatic rings. The lowest BCUT2D eigenvalue weighted by Gasteiger charge is -2.51. The highest BCUT2D eigenvalue weighted by atomic mass is 16.2. The zero-order valence-corrected chi connectivity index (χ0v) is 14.0. The third kappa shape index (κ3) is 3.09. The van der Waals surface area contributed by atoms with Gasteiger partial charge in [-0.2, -0.15) is 0 Å². The molecule has 2 rings (SSSR count). The maximum absolute atomic E-state index is 13.1. The molecule has 2 amide bonds. The minimum atomic E-state index is -0.606. The van der Waals surface area contributed by atoms with Crippen LogP contribution < -0.4 is 5.32 Å². The zero-order chi connectivity index (χ0) is 15.7. The highest BCUT2D eigenvalue weighted by Gasteiger charge is 2.53. The number of nitrogens with zero attached hydrogens (tertiary/aromatic N) is 1. The summed E-state index contributed by atoms with van der Waals surface area (Å²) in [6.45, 7) is 8.95. The Morgan fingerprint density at radius 3 is 2.33 bits per heavy atom. The Balaban J connectivity index is 2.31. The summed E-state index contributed by atoms with van der Waals surface area (Å²) in [6, 6.07) is -0.343. The van der Waals surface area contributed by atoms with Crippen LogP contribution in [0.2, 0.25) is 0 Å². The van der Waals surface area contributed by atoms with Crippen molar-refractivity contribution in [1.29, 1.82) is 0 Å². The summed E-state index contributed by atoms with van der Waals surface area (Å²) in [5.41, 5.74) is -0.839. The first-order chi connectivity index (χ1) is 9.82. The number of amides is 2. The molecule has 1 saturated heterocycles. The van der Waals surface area contributed by atoms with E-state index < -0.39 is 5.54 Å². The lowest BCUT2D eigenvalue weighted by molar-refractivity contribution is -0.161. The van der Waals surface area contributed by atoms with Crippen molar-refractivity contribution >= 4 is 11.8 Å². The molecule has 1 unspecified atom stereocenters. The molecule has 0 radical (unpaired) electrons. The zero-order valence-electron chi connectivity index (χ0n) is 14.0. The van der Waals surface area contributed by atoms with Gasteiger partial charge < -0.3 is 10.2 Å². The first-order valence-electron chi connectivity index (χ1n) is 8.45. The summed E-state index contributed by atoms with van der Waals surface area (Å²) in [5, 5.41) is 3.11. The monoisotopic (exact) mass is 294 g/mol. The predicted octanol–water partition coefficient (Wildman–Crippen LogP) is 2.86. The predicted molar refractivity (Wildman–Crippen MR) is 83.8 cm³/mol. The number of unbranched alkanes of at least 4 members (excludes halogenated alkanes) is 1. The molecule has 1 N–H and O–H groups in total. The van der Waals surface area contributed by atoms with Gasteiger partial charge >= 0.3 is 0 Å². The van der Waals surface area contributed by atoms with Gasteiger partial charge in [0.15, 0.2) is 0 Å². The molecule has 2 fully saturated rings. The van der Waals surface area contributed by atoms with E-state index in [0.717, 1.165) is 38.5 Å². The minimum Gasteiger partial charge on any atom is -0.340 e. The van der Waals surface area contributed by atoms with Crippen molar-refractivity contribution < 1.29 is 9.59 Å². The second kappa shape index (κ2) is 5.98. The summed E-state index contributed by atoms with van der Waals surface area (Å²) in [6.07, 6.45) is 6.84. The maximum Gasteiger partial charge on any atom is 0.249 e. The molecule has 0 aromatic heterocycles. The fraction of sp³-hybridized carbons (Fsp3) is 0.882. The summed E-state index contributed by atoms with van der Waals surface area (Å²) < 4.78 is 0. The lowest BCUT2D eigenvalue weighted by atomic mass is 9.75. The van der Waals surface area contributed by atoms with Crippen LogP contribution in [0.3, 0.4) is 0 Å². The molecule has 1 saturated carbocycles. The molecule has 21 heavy (non-hydrogen) atoms. The number of hydrogen-bond donors (Lipinski definition) is 1. The Morgan fingerprint density at radius 1 is 1.19 bits per heavy atom. The molecule has 1 atom stereocenters. The number of rotatable bonds is 3. The fourth-order valence-corrected chi connectivity index (χ4v) is 3.81. The SMILES string of the molecule is CCCCN1C(=O)C2(CCCCC2)NC(=O)C1C(C)(C)C. The quantitative estimate of drug-likeness (QED) is 0.870. The molecule has 1 aliphatic carbocycles. The van der Waals surface area contributed by atoms with Gasteiger partial charge in [0, 0.05) is 6.54 Å². The summed E-state index contributed by atoms with van der Waals surface area (Å²) in [5.74, 6) is 0.204. The molecule has 4 nitrogen and oxygen atoms in total. The molecular weight excluding hydrogens is 264 g/mol. The van der Waals surface area contributed by atoms with E-state index in [1.807, 2.05) is 25.7 Å². The van der Waals surface area contributed by atoms with Gasteiger partial charge in [-0.3, -0.25) is 9.59 Å². The number of nitrogens with one attached hydrogen (secondary N) is 1. The Labute approximate surface area is 128 Å². The van der Waals surface area contributed by atoms with Crippen LogP contribution in [0.15, 0.2) is 0 Å². The van der Waals surface area contributed by atoms with Gasteiger partial charge in [-0.15, -0.1) is 0 Å². The lowest BCUT2D eigenvalue weighted by Crippen LogP contribution is -2.73. The van der Waals surface area contributed by atoms with Crippen LogP contribution in [-0.2, 0) is 9.59 Å². The molecular formula is C17H30N2O2. The molecule has 1 aliphatic heterocycles. The van der Waals surface area contributed by atoms with Crippen LogP contribution in [0.25, 0.3) is 0 Å². The summed E-state index contributed by atoms with van der Waals surface area (Å²) >= 11 is 0. The highest BCUT2D eigenvalue weighted by molar-refractivity contribution is 6.00. The van der Waals surface area contributed by atoms with E-state index in [2.05, 4.69) is 12.2 Å². The van der Waals surface area contributed by atoms with Gasteiger partial charge in [-0.1, -0.05) is 53.4 Å². The van der Waals surface area contributed by atoms with Gasteiger partial charge in [0.2, 0.25) is 11.8 Å². The van der Waals surface area contributed by atoms with E-state index in [9.17, 15) is 9.59 Å². The summed E-state index contributed by atoms with van der Waals surface area (Å²) in [7, 11) is 0. The van der Waals surface area contributed by atoms with Crippen LogP contribution in [0.5, 0.6) is 0 Å². The van der Waals surface area contributed by atoms with Crippen molar-refractivity contribution in [2.24, 2.45) is 5.41 Å².